The minimum atomic E-state index is -0.273. The third kappa shape index (κ3) is 3.10. The van der Waals surface area contributed by atoms with Gasteiger partial charge in [0.05, 0.1) is 11.4 Å². The zero-order valence-electron chi connectivity index (χ0n) is 10.8. The number of anilines is 1. The summed E-state index contributed by atoms with van der Waals surface area (Å²) in [4.78, 5) is 12.7. The molecule has 0 fully saturated rings. The van der Waals surface area contributed by atoms with Crippen LogP contribution in [0.15, 0.2) is 24.3 Å². The number of benzene rings is 1. The molecule has 0 aliphatic rings. The third-order valence-electron chi connectivity index (χ3n) is 2.52. The minimum absolute atomic E-state index is 0.0742. The predicted molar refractivity (Wildman–Crippen MR) is 74.8 cm³/mol. The average Bonchev–Trinajstić information content (AvgIpc) is 2.95. The van der Waals surface area contributed by atoms with Crippen LogP contribution in [-0.2, 0) is 6.42 Å². The number of carbonyl (C=O) groups is 1. The van der Waals surface area contributed by atoms with Crippen LogP contribution in [0.2, 0.25) is 0 Å². The normalized spacial score (nSPS) is 9.80. The molecule has 102 valence electrons. The summed E-state index contributed by atoms with van der Waals surface area (Å²) in [5, 5.41) is 15.2. The topological polar surface area (TPSA) is 87.9 Å². The molecule has 0 unspecified atom stereocenters. The zero-order valence-corrected chi connectivity index (χ0v) is 11.6. The van der Waals surface area contributed by atoms with Gasteiger partial charge < -0.3 is 10.1 Å². The van der Waals surface area contributed by atoms with Gasteiger partial charge in [0.1, 0.15) is 16.7 Å². The van der Waals surface area contributed by atoms with Gasteiger partial charge >= 0.3 is 0 Å². The van der Waals surface area contributed by atoms with E-state index < -0.39 is 0 Å². The van der Waals surface area contributed by atoms with Crippen molar-refractivity contribution < 1.29 is 9.53 Å². The third-order valence-corrected chi connectivity index (χ3v) is 3.29. The largest absolute Gasteiger partial charge is 0.477 e. The molecule has 1 aromatic heterocycles. The van der Waals surface area contributed by atoms with E-state index in [0.29, 0.717) is 28.4 Å². The number of hydrogen-bond donors (Lipinski definition) is 1. The highest BCUT2D eigenvalue weighted by atomic mass is 32.1. The van der Waals surface area contributed by atoms with Crippen molar-refractivity contribution in [3.05, 3.63) is 34.8 Å². The van der Waals surface area contributed by atoms with Crippen molar-refractivity contribution >= 4 is 23.1 Å². The number of nitrogens with one attached hydrogen (secondary N) is 1. The van der Waals surface area contributed by atoms with E-state index in [0.717, 1.165) is 11.5 Å². The number of rotatable bonds is 5. The second-order valence-corrected chi connectivity index (χ2v) is 4.55. The summed E-state index contributed by atoms with van der Waals surface area (Å²) in [6.45, 7) is 1.84. The summed E-state index contributed by atoms with van der Waals surface area (Å²) in [7, 11) is 0. The van der Waals surface area contributed by atoms with E-state index in [9.17, 15) is 4.79 Å². The number of amides is 1. The number of aromatic nitrogens is 2. The highest BCUT2D eigenvalue weighted by molar-refractivity contribution is 7.08. The Bertz CT molecular complexity index is 648. The molecule has 2 aromatic rings. The quantitative estimate of drug-likeness (QED) is 0.911. The fourth-order valence-electron chi connectivity index (χ4n) is 1.60. The Morgan fingerprint density at radius 2 is 2.30 bits per heavy atom. The van der Waals surface area contributed by atoms with Crippen molar-refractivity contribution in [3.63, 3.8) is 0 Å². The number of para-hydroxylation sites is 2. The molecular formula is C13H12N4O2S. The molecule has 2 rings (SSSR count). The van der Waals surface area contributed by atoms with E-state index in [1.54, 1.807) is 24.3 Å². The van der Waals surface area contributed by atoms with E-state index in [1.807, 2.05) is 13.0 Å². The van der Waals surface area contributed by atoms with Crippen molar-refractivity contribution in [2.75, 3.05) is 11.9 Å². The molecule has 0 saturated heterocycles. The molecule has 1 amide bonds. The van der Waals surface area contributed by atoms with Gasteiger partial charge in [-0.25, -0.2) is 0 Å². The molecule has 0 atom stereocenters. The highest BCUT2D eigenvalue weighted by Crippen LogP contribution is 2.25. The molecule has 0 spiro atoms. The summed E-state index contributed by atoms with van der Waals surface area (Å²) in [5.74, 6) is 0.183. The standard InChI is InChI=1S/C13H12N4O2S/c1-2-9-12(20-17-16-9)13(18)15-10-5-3-4-6-11(10)19-8-7-14/h3-6H,2,8H2,1H3,(H,15,18). The molecule has 1 heterocycles. The monoisotopic (exact) mass is 288 g/mol. The van der Waals surface area contributed by atoms with Gasteiger partial charge in [-0.3, -0.25) is 4.79 Å². The average molecular weight is 288 g/mol. The smallest absolute Gasteiger partial charge is 0.269 e. The van der Waals surface area contributed by atoms with Crippen LogP contribution >= 0.6 is 11.5 Å². The van der Waals surface area contributed by atoms with Gasteiger partial charge in [0.15, 0.2) is 6.61 Å². The Balaban J connectivity index is 2.18. The lowest BCUT2D eigenvalue weighted by atomic mass is 10.2. The van der Waals surface area contributed by atoms with E-state index in [1.165, 1.54) is 0 Å². The van der Waals surface area contributed by atoms with Crippen LogP contribution in [0, 0.1) is 11.3 Å². The second-order valence-electron chi connectivity index (χ2n) is 3.80. The number of hydrogen-bond acceptors (Lipinski definition) is 6. The Morgan fingerprint density at radius 1 is 1.50 bits per heavy atom. The van der Waals surface area contributed by atoms with Gasteiger partial charge in [-0.05, 0) is 30.1 Å². The van der Waals surface area contributed by atoms with Crippen LogP contribution in [0.3, 0.4) is 0 Å². The summed E-state index contributed by atoms with van der Waals surface area (Å²) in [5.41, 5.74) is 1.19. The molecule has 0 aliphatic carbocycles. The Labute approximate surface area is 120 Å². The lowest BCUT2D eigenvalue weighted by Crippen LogP contribution is -2.13. The van der Waals surface area contributed by atoms with Gasteiger partial charge in [0.2, 0.25) is 0 Å². The number of ether oxygens (including phenoxy) is 1. The van der Waals surface area contributed by atoms with Crippen LogP contribution in [0.4, 0.5) is 5.69 Å². The van der Waals surface area contributed by atoms with Crippen molar-refractivity contribution in [1.82, 2.24) is 9.59 Å². The molecule has 7 heteroatoms. The first-order chi connectivity index (χ1) is 9.76. The first-order valence-corrected chi connectivity index (χ1v) is 6.75. The van der Waals surface area contributed by atoms with E-state index in [4.69, 9.17) is 10.00 Å². The molecule has 0 saturated carbocycles. The maximum atomic E-state index is 12.2. The van der Waals surface area contributed by atoms with Crippen LogP contribution in [-0.4, -0.2) is 22.1 Å². The van der Waals surface area contributed by atoms with Crippen LogP contribution in [0.5, 0.6) is 5.75 Å². The van der Waals surface area contributed by atoms with E-state index in [2.05, 4.69) is 14.9 Å². The minimum Gasteiger partial charge on any atom is -0.477 e. The predicted octanol–water partition coefficient (Wildman–Crippen LogP) is 2.26. The fourth-order valence-corrected chi connectivity index (χ4v) is 2.24. The molecule has 0 radical (unpaired) electrons. The highest BCUT2D eigenvalue weighted by Gasteiger charge is 2.16. The van der Waals surface area contributed by atoms with Crippen molar-refractivity contribution in [3.8, 4) is 11.8 Å². The number of aryl methyl sites for hydroxylation is 1. The number of nitriles is 1. The van der Waals surface area contributed by atoms with Crippen LogP contribution in [0.25, 0.3) is 0 Å². The molecule has 0 aliphatic heterocycles. The van der Waals surface area contributed by atoms with E-state index >= 15 is 0 Å². The van der Waals surface area contributed by atoms with Gasteiger partial charge in [-0.1, -0.05) is 23.5 Å². The van der Waals surface area contributed by atoms with Gasteiger partial charge in [0.25, 0.3) is 5.91 Å². The van der Waals surface area contributed by atoms with Crippen molar-refractivity contribution in [2.45, 2.75) is 13.3 Å². The van der Waals surface area contributed by atoms with Crippen molar-refractivity contribution in [2.24, 2.45) is 0 Å². The van der Waals surface area contributed by atoms with Crippen molar-refractivity contribution in [1.29, 1.82) is 5.26 Å². The molecule has 0 bridgehead atoms. The van der Waals surface area contributed by atoms with E-state index in [-0.39, 0.29) is 12.5 Å². The lowest BCUT2D eigenvalue weighted by molar-refractivity contribution is 0.102. The summed E-state index contributed by atoms with van der Waals surface area (Å²) < 4.78 is 9.04. The van der Waals surface area contributed by atoms with Gasteiger partial charge in [-0.2, -0.15) is 5.26 Å². The first-order valence-electron chi connectivity index (χ1n) is 5.97. The summed E-state index contributed by atoms with van der Waals surface area (Å²) in [6, 6.07) is 8.85. The zero-order chi connectivity index (χ0) is 14.4. The number of carbonyl (C=O) groups excluding carboxylic acids is 1. The Kier molecular flexibility index (Phi) is 4.63. The molecule has 6 nitrogen and oxygen atoms in total. The lowest BCUT2D eigenvalue weighted by Gasteiger charge is -2.09. The summed E-state index contributed by atoms with van der Waals surface area (Å²) >= 11 is 1.06. The van der Waals surface area contributed by atoms with Crippen LogP contribution < -0.4 is 10.1 Å². The Hall–Kier alpha value is -2.46. The molecule has 1 N–H and O–H groups in total. The maximum absolute atomic E-state index is 12.2. The van der Waals surface area contributed by atoms with Gasteiger partial charge in [-0.15, -0.1) is 5.10 Å². The number of nitrogens with zero attached hydrogens (tertiary/aromatic N) is 3. The molecular weight excluding hydrogens is 276 g/mol. The van der Waals surface area contributed by atoms with Gasteiger partial charge in [0, 0.05) is 0 Å². The first kappa shape index (κ1) is 14.0. The second kappa shape index (κ2) is 6.63. The Morgan fingerprint density at radius 3 is 3.05 bits per heavy atom. The molecule has 1 aromatic carbocycles. The SMILES string of the molecule is CCc1nnsc1C(=O)Nc1ccccc1OCC#N. The maximum Gasteiger partial charge on any atom is 0.269 e. The molecule has 20 heavy (non-hydrogen) atoms. The fraction of sp³-hybridized carbons (Fsp3) is 0.231. The summed E-state index contributed by atoms with van der Waals surface area (Å²) in [6.07, 6.45) is 0.645. The van der Waals surface area contributed by atoms with Crippen LogP contribution in [0.1, 0.15) is 22.3 Å².